The maximum atomic E-state index is 11.7. The van der Waals surface area contributed by atoms with Gasteiger partial charge in [0.2, 0.25) is 5.91 Å². The van der Waals surface area contributed by atoms with Crippen molar-refractivity contribution in [3.05, 3.63) is 0 Å². The Morgan fingerprint density at radius 3 is 2.56 bits per heavy atom. The van der Waals surface area contributed by atoms with Gasteiger partial charge in [-0.25, -0.2) is 8.78 Å². The van der Waals surface area contributed by atoms with Crippen LogP contribution in [0.5, 0.6) is 0 Å². The van der Waals surface area contributed by atoms with Crippen LogP contribution in [-0.2, 0) is 14.3 Å². The molecule has 1 unspecified atom stereocenters. The van der Waals surface area contributed by atoms with Crippen LogP contribution in [0.3, 0.4) is 0 Å². The van der Waals surface area contributed by atoms with E-state index in [4.69, 9.17) is 5.11 Å². The van der Waals surface area contributed by atoms with Gasteiger partial charge in [-0.15, -0.1) is 0 Å². The first-order valence-corrected chi connectivity index (χ1v) is 5.30. The van der Waals surface area contributed by atoms with Crippen molar-refractivity contribution in [2.24, 2.45) is 0 Å². The first-order chi connectivity index (χ1) is 8.23. The van der Waals surface area contributed by atoms with Gasteiger partial charge in [0.1, 0.15) is 6.61 Å². The second kappa shape index (κ2) is 7.93. The summed E-state index contributed by atoms with van der Waals surface area (Å²) in [7, 11) is 0. The van der Waals surface area contributed by atoms with E-state index in [1.54, 1.807) is 0 Å². The first kappa shape index (κ1) is 16.7. The summed E-state index contributed by atoms with van der Waals surface area (Å²) in [5.41, 5.74) is -1.55. The number of aliphatic hydroxyl groups is 1. The lowest BCUT2D eigenvalue weighted by atomic mass is 10.0. The highest BCUT2D eigenvalue weighted by molar-refractivity contribution is 5.76. The summed E-state index contributed by atoms with van der Waals surface area (Å²) >= 11 is 0. The molecular weight excluding hydrogens is 252 g/mol. The van der Waals surface area contributed by atoms with Crippen molar-refractivity contribution in [1.82, 2.24) is 5.32 Å². The third-order valence-corrected chi connectivity index (χ3v) is 1.92. The number of alkyl halides is 2. The van der Waals surface area contributed by atoms with E-state index in [0.717, 1.165) is 0 Å². The van der Waals surface area contributed by atoms with E-state index < -0.39 is 36.9 Å². The molecule has 106 valence electrons. The van der Waals surface area contributed by atoms with Crippen molar-refractivity contribution in [3.63, 3.8) is 0 Å². The maximum absolute atomic E-state index is 11.7. The molecule has 0 aliphatic carbocycles. The Morgan fingerprint density at radius 1 is 1.44 bits per heavy atom. The molecule has 8 heteroatoms. The van der Waals surface area contributed by atoms with Crippen LogP contribution in [0.1, 0.15) is 19.8 Å². The molecule has 0 saturated heterocycles. The molecule has 0 aliphatic rings. The number of nitrogens with one attached hydrogen (secondary N) is 1. The maximum Gasteiger partial charge on any atom is 0.306 e. The van der Waals surface area contributed by atoms with Gasteiger partial charge in [-0.1, -0.05) is 0 Å². The van der Waals surface area contributed by atoms with Gasteiger partial charge in [0.15, 0.2) is 0 Å². The number of ether oxygens (including phenoxy) is 1. The number of carbonyl (C=O) groups is 2. The molecule has 0 bridgehead atoms. The van der Waals surface area contributed by atoms with Crippen molar-refractivity contribution < 1.29 is 33.3 Å². The summed E-state index contributed by atoms with van der Waals surface area (Å²) in [6, 6.07) is 0. The second-order valence-corrected chi connectivity index (χ2v) is 4.06. The van der Waals surface area contributed by atoms with Gasteiger partial charge in [-0.3, -0.25) is 9.59 Å². The van der Waals surface area contributed by atoms with Gasteiger partial charge in [-0.05, 0) is 6.92 Å². The van der Waals surface area contributed by atoms with Crippen molar-refractivity contribution in [2.75, 3.05) is 19.8 Å². The Bertz CT molecular complexity index is 283. The molecule has 0 aromatic carbocycles. The fraction of sp³-hybridized carbons (Fsp3) is 0.800. The fourth-order valence-electron chi connectivity index (χ4n) is 1.10. The molecule has 1 amide bonds. The minimum absolute atomic E-state index is 0.129. The van der Waals surface area contributed by atoms with Crippen molar-refractivity contribution >= 4 is 11.9 Å². The monoisotopic (exact) mass is 269 g/mol. The summed E-state index contributed by atoms with van der Waals surface area (Å²) in [5, 5.41) is 20.3. The molecule has 0 heterocycles. The Hall–Kier alpha value is -1.28. The van der Waals surface area contributed by atoms with Crippen LogP contribution in [0.15, 0.2) is 0 Å². The Labute approximate surface area is 103 Å². The zero-order valence-corrected chi connectivity index (χ0v) is 9.99. The normalized spacial score (nSPS) is 14.3. The van der Waals surface area contributed by atoms with Crippen LogP contribution >= 0.6 is 0 Å². The van der Waals surface area contributed by atoms with Crippen LogP contribution in [0.2, 0.25) is 0 Å². The van der Waals surface area contributed by atoms with Crippen LogP contribution in [0.4, 0.5) is 8.78 Å². The number of amides is 1. The van der Waals surface area contributed by atoms with Gasteiger partial charge in [0.25, 0.3) is 6.43 Å². The van der Waals surface area contributed by atoms with Gasteiger partial charge in [-0.2, -0.15) is 0 Å². The smallest absolute Gasteiger partial charge is 0.306 e. The number of aliphatic carboxylic acids is 1. The summed E-state index contributed by atoms with van der Waals surface area (Å²) in [5.74, 6) is -1.69. The Kier molecular flexibility index (Phi) is 7.37. The predicted octanol–water partition coefficient (Wildman–Crippen LogP) is 0.0001000. The van der Waals surface area contributed by atoms with E-state index in [9.17, 15) is 23.5 Å². The first-order valence-electron chi connectivity index (χ1n) is 5.30. The van der Waals surface area contributed by atoms with Crippen molar-refractivity contribution in [1.29, 1.82) is 0 Å². The number of hydrogen-bond donors (Lipinski definition) is 3. The number of carboxylic acids is 1. The minimum Gasteiger partial charge on any atom is -0.481 e. The van der Waals surface area contributed by atoms with Crippen LogP contribution < -0.4 is 5.32 Å². The average molecular weight is 269 g/mol. The average Bonchev–Trinajstić information content (AvgIpc) is 2.19. The third-order valence-electron chi connectivity index (χ3n) is 1.92. The predicted molar refractivity (Wildman–Crippen MR) is 57.3 cm³/mol. The minimum atomic E-state index is -2.58. The largest absolute Gasteiger partial charge is 0.481 e. The van der Waals surface area contributed by atoms with Crippen LogP contribution in [0.25, 0.3) is 0 Å². The zero-order valence-electron chi connectivity index (χ0n) is 9.99. The number of halogens is 2. The van der Waals surface area contributed by atoms with Crippen LogP contribution in [-0.4, -0.2) is 53.9 Å². The molecule has 0 saturated carbocycles. The quantitative estimate of drug-likeness (QED) is 0.512. The van der Waals surface area contributed by atoms with Gasteiger partial charge in [0, 0.05) is 13.0 Å². The van der Waals surface area contributed by atoms with Crippen LogP contribution in [0, 0.1) is 0 Å². The van der Waals surface area contributed by atoms with Gasteiger partial charge >= 0.3 is 5.97 Å². The zero-order chi connectivity index (χ0) is 14.2. The Balaban J connectivity index is 3.73. The molecule has 3 N–H and O–H groups in total. The molecule has 0 fully saturated rings. The molecule has 6 nitrogen and oxygen atoms in total. The van der Waals surface area contributed by atoms with E-state index >= 15 is 0 Å². The number of rotatable bonds is 9. The summed E-state index contributed by atoms with van der Waals surface area (Å²) in [6.45, 7) is 0.156. The van der Waals surface area contributed by atoms with E-state index in [-0.39, 0.29) is 19.6 Å². The third kappa shape index (κ3) is 9.91. The fourth-order valence-corrected chi connectivity index (χ4v) is 1.10. The van der Waals surface area contributed by atoms with E-state index in [0.29, 0.717) is 0 Å². The van der Waals surface area contributed by atoms with E-state index in [2.05, 4.69) is 10.1 Å². The molecular formula is C10H17F2NO5. The summed E-state index contributed by atoms with van der Waals surface area (Å²) in [6.07, 6.45) is -3.21. The number of carbonyl (C=O) groups excluding carboxylic acids is 1. The molecule has 18 heavy (non-hydrogen) atoms. The SMILES string of the molecule is CC(O)(CNC(=O)CCOCC(F)F)CC(=O)O. The highest BCUT2D eigenvalue weighted by Gasteiger charge is 2.24. The lowest BCUT2D eigenvalue weighted by Gasteiger charge is -2.21. The number of carboxylic acid groups (broad SMARTS) is 1. The number of hydrogen-bond acceptors (Lipinski definition) is 4. The molecule has 0 rings (SSSR count). The topological polar surface area (TPSA) is 95.9 Å². The molecule has 0 aliphatic heterocycles. The lowest BCUT2D eigenvalue weighted by molar-refractivity contribution is -0.142. The van der Waals surface area contributed by atoms with Gasteiger partial charge < -0.3 is 20.3 Å². The lowest BCUT2D eigenvalue weighted by Crippen LogP contribution is -2.42. The standard InChI is InChI=1S/C10H17F2NO5/c1-10(17,4-9(15)16)6-13-8(14)2-3-18-5-7(11)12/h7,17H,2-6H2,1H3,(H,13,14)(H,15,16). The summed E-state index contributed by atoms with van der Waals surface area (Å²) < 4.78 is 27.8. The van der Waals surface area contributed by atoms with Crippen molar-refractivity contribution in [3.8, 4) is 0 Å². The second-order valence-electron chi connectivity index (χ2n) is 4.06. The molecule has 1 atom stereocenters. The molecule has 0 spiro atoms. The molecule has 0 aromatic rings. The highest BCUT2D eigenvalue weighted by Crippen LogP contribution is 2.07. The van der Waals surface area contributed by atoms with Gasteiger partial charge in [0.05, 0.1) is 18.6 Å². The highest BCUT2D eigenvalue weighted by atomic mass is 19.3. The molecule has 0 aromatic heterocycles. The van der Waals surface area contributed by atoms with Crippen molar-refractivity contribution in [2.45, 2.75) is 31.8 Å². The Morgan fingerprint density at radius 2 is 2.06 bits per heavy atom. The van der Waals surface area contributed by atoms with E-state index in [1.807, 2.05) is 0 Å². The molecule has 0 radical (unpaired) electrons. The summed E-state index contributed by atoms with van der Waals surface area (Å²) in [4.78, 5) is 21.6. The van der Waals surface area contributed by atoms with E-state index in [1.165, 1.54) is 6.92 Å².